The maximum absolute atomic E-state index is 6.00. The zero-order chi connectivity index (χ0) is 14.5. The second-order valence-corrected chi connectivity index (χ2v) is 5.88. The topological polar surface area (TPSA) is 21.3 Å². The minimum atomic E-state index is 0.260. The fourth-order valence-electron chi connectivity index (χ4n) is 1.99. The van der Waals surface area contributed by atoms with Crippen LogP contribution in [0.2, 0.25) is 0 Å². The highest BCUT2D eigenvalue weighted by molar-refractivity contribution is 9.10. The molecule has 2 rings (SSSR count). The molecule has 0 aliphatic carbocycles. The number of aryl methyl sites for hydroxylation is 1. The van der Waals surface area contributed by atoms with Crippen molar-refractivity contribution in [1.82, 2.24) is 5.32 Å². The van der Waals surface area contributed by atoms with Crippen LogP contribution in [0.5, 0.6) is 5.75 Å². The van der Waals surface area contributed by atoms with Crippen LogP contribution in [0.1, 0.15) is 29.7 Å². The van der Waals surface area contributed by atoms with Gasteiger partial charge in [0.15, 0.2) is 0 Å². The smallest absolute Gasteiger partial charge is 0.125 e. The van der Waals surface area contributed by atoms with E-state index in [0.717, 1.165) is 10.2 Å². The van der Waals surface area contributed by atoms with Gasteiger partial charge < -0.3 is 10.1 Å². The SMILES string of the molecule is CNC(C)c1ccc(Br)cc1OCc1ccc(C)cc1. The van der Waals surface area contributed by atoms with Crippen LogP contribution < -0.4 is 10.1 Å². The molecule has 0 radical (unpaired) electrons. The number of benzene rings is 2. The lowest BCUT2D eigenvalue weighted by Crippen LogP contribution is -2.13. The lowest BCUT2D eigenvalue weighted by Gasteiger charge is -2.17. The monoisotopic (exact) mass is 333 g/mol. The minimum Gasteiger partial charge on any atom is -0.489 e. The number of halogens is 1. The van der Waals surface area contributed by atoms with Gasteiger partial charge in [0.2, 0.25) is 0 Å². The van der Waals surface area contributed by atoms with Crippen LogP contribution in [0.25, 0.3) is 0 Å². The van der Waals surface area contributed by atoms with Crippen LogP contribution in [0, 0.1) is 6.92 Å². The van der Waals surface area contributed by atoms with Gasteiger partial charge in [-0.25, -0.2) is 0 Å². The normalized spacial score (nSPS) is 12.2. The zero-order valence-electron chi connectivity index (χ0n) is 12.1. The van der Waals surface area contributed by atoms with E-state index in [0.29, 0.717) is 6.61 Å². The molecular formula is C17H20BrNO. The second kappa shape index (κ2) is 6.91. The Balaban J connectivity index is 2.15. The fraction of sp³-hybridized carbons (Fsp3) is 0.294. The van der Waals surface area contributed by atoms with Gasteiger partial charge in [0.1, 0.15) is 12.4 Å². The average molecular weight is 334 g/mol. The van der Waals surface area contributed by atoms with E-state index in [1.54, 1.807) is 0 Å². The molecule has 0 bridgehead atoms. The van der Waals surface area contributed by atoms with Crippen molar-refractivity contribution in [2.75, 3.05) is 7.05 Å². The van der Waals surface area contributed by atoms with Crippen molar-refractivity contribution in [2.45, 2.75) is 26.5 Å². The zero-order valence-corrected chi connectivity index (χ0v) is 13.7. The summed E-state index contributed by atoms with van der Waals surface area (Å²) in [6, 6.07) is 14.8. The molecule has 20 heavy (non-hydrogen) atoms. The summed E-state index contributed by atoms with van der Waals surface area (Å²) in [6.45, 7) is 4.80. The highest BCUT2D eigenvalue weighted by Crippen LogP contribution is 2.29. The van der Waals surface area contributed by atoms with Crippen molar-refractivity contribution in [3.63, 3.8) is 0 Å². The summed E-state index contributed by atoms with van der Waals surface area (Å²) in [5.41, 5.74) is 3.61. The second-order valence-electron chi connectivity index (χ2n) is 4.97. The molecule has 2 nitrogen and oxygen atoms in total. The molecule has 3 heteroatoms. The molecule has 0 aliphatic rings. The molecule has 2 aromatic rings. The Bertz CT molecular complexity index is 566. The van der Waals surface area contributed by atoms with Gasteiger partial charge in [0.05, 0.1) is 0 Å². The average Bonchev–Trinajstić information content (AvgIpc) is 2.46. The summed E-state index contributed by atoms with van der Waals surface area (Å²) in [4.78, 5) is 0. The van der Waals surface area contributed by atoms with E-state index in [1.165, 1.54) is 16.7 Å². The van der Waals surface area contributed by atoms with Crippen molar-refractivity contribution < 1.29 is 4.74 Å². The predicted octanol–water partition coefficient (Wildman–Crippen LogP) is 4.62. The van der Waals surface area contributed by atoms with Crippen LogP contribution in [-0.2, 0) is 6.61 Å². The van der Waals surface area contributed by atoms with Gasteiger partial charge in [-0.05, 0) is 38.6 Å². The van der Waals surface area contributed by atoms with E-state index in [1.807, 2.05) is 19.2 Å². The maximum atomic E-state index is 6.00. The van der Waals surface area contributed by atoms with Gasteiger partial charge in [-0.3, -0.25) is 0 Å². The van der Waals surface area contributed by atoms with Gasteiger partial charge in [-0.2, -0.15) is 0 Å². The Kier molecular flexibility index (Phi) is 5.21. The molecule has 1 atom stereocenters. The summed E-state index contributed by atoms with van der Waals surface area (Å²) >= 11 is 3.50. The number of ether oxygens (including phenoxy) is 1. The third-order valence-electron chi connectivity index (χ3n) is 3.39. The molecule has 0 spiro atoms. The third kappa shape index (κ3) is 3.84. The van der Waals surface area contributed by atoms with E-state index >= 15 is 0 Å². The summed E-state index contributed by atoms with van der Waals surface area (Å²) in [5.74, 6) is 0.918. The third-order valence-corrected chi connectivity index (χ3v) is 3.88. The molecule has 0 amide bonds. The van der Waals surface area contributed by atoms with Gasteiger partial charge in [0, 0.05) is 16.1 Å². The molecular weight excluding hydrogens is 314 g/mol. The maximum Gasteiger partial charge on any atom is 0.125 e. The van der Waals surface area contributed by atoms with E-state index in [-0.39, 0.29) is 6.04 Å². The quantitative estimate of drug-likeness (QED) is 0.862. The van der Waals surface area contributed by atoms with E-state index < -0.39 is 0 Å². The van der Waals surface area contributed by atoms with Crippen molar-refractivity contribution in [3.05, 3.63) is 63.6 Å². The molecule has 0 aromatic heterocycles. The Labute approximate surface area is 129 Å². The van der Waals surface area contributed by atoms with Gasteiger partial charge in [0.25, 0.3) is 0 Å². The Hall–Kier alpha value is -1.32. The fourth-order valence-corrected chi connectivity index (χ4v) is 2.33. The first-order chi connectivity index (χ1) is 9.60. The molecule has 1 unspecified atom stereocenters. The lowest BCUT2D eigenvalue weighted by molar-refractivity contribution is 0.300. The molecule has 0 heterocycles. The van der Waals surface area contributed by atoms with E-state index in [9.17, 15) is 0 Å². The molecule has 0 aliphatic heterocycles. The Morgan fingerprint density at radius 1 is 1.15 bits per heavy atom. The van der Waals surface area contributed by atoms with Crippen LogP contribution >= 0.6 is 15.9 Å². The number of nitrogens with one attached hydrogen (secondary N) is 1. The number of rotatable bonds is 5. The summed E-state index contributed by atoms with van der Waals surface area (Å²) in [7, 11) is 1.95. The minimum absolute atomic E-state index is 0.260. The van der Waals surface area contributed by atoms with Crippen LogP contribution in [0.3, 0.4) is 0 Å². The first-order valence-electron chi connectivity index (χ1n) is 6.75. The first-order valence-corrected chi connectivity index (χ1v) is 7.54. The molecule has 0 fully saturated rings. The van der Waals surface area contributed by atoms with Crippen LogP contribution in [0.4, 0.5) is 0 Å². The molecule has 1 N–H and O–H groups in total. The van der Waals surface area contributed by atoms with E-state index in [4.69, 9.17) is 4.74 Å². The lowest BCUT2D eigenvalue weighted by atomic mass is 10.1. The van der Waals surface area contributed by atoms with Crippen LogP contribution in [0.15, 0.2) is 46.9 Å². The van der Waals surface area contributed by atoms with Gasteiger partial charge >= 0.3 is 0 Å². The Morgan fingerprint density at radius 3 is 2.50 bits per heavy atom. The molecule has 0 saturated carbocycles. The number of hydrogen-bond donors (Lipinski definition) is 1. The molecule has 106 valence electrons. The van der Waals surface area contributed by atoms with Gasteiger partial charge in [-0.15, -0.1) is 0 Å². The molecule has 0 saturated heterocycles. The van der Waals surface area contributed by atoms with Crippen molar-refractivity contribution in [1.29, 1.82) is 0 Å². The largest absolute Gasteiger partial charge is 0.489 e. The molecule has 2 aromatic carbocycles. The predicted molar refractivity (Wildman–Crippen MR) is 87.1 cm³/mol. The highest BCUT2D eigenvalue weighted by Gasteiger charge is 2.10. The highest BCUT2D eigenvalue weighted by atomic mass is 79.9. The Morgan fingerprint density at radius 2 is 1.85 bits per heavy atom. The van der Waals surface area contributed by atoms with Crippen molar-refractivity contribution >= 4 is 15.9 Å². The van der Waals surface area contributed by atoms with Crippen LogP contribution in [-0.4, -0.2) is 7.05 Å². The standard InChI is InChI=1S/C17H20BrNO/c1-12-4-6-14(7-5-12)11-20-17-10-15(18)8-9-16(17)13(2)19-3/h4-10,13,19H,11H2,1-3H3. The van der Waals surface area contributed by atoms with E-state index in [2.05, 4.69) is 65.4 Å². The van der Waals surface area contributed by atoms with Crippen molar-refractivity contribution in [2.24, 2.45) is 0 Å². The summed E-state index contributed by atoms with van der Waals surface area (Å²) in [5, 5.41) is 3.25. The van der Waals surface area contributed by atoms with Crippen molar-refractivity contribution in [3.8, 4) is 5.75 Å². The first kappa shape index (κ1) is 15.1. The van der Waals surface area contributed by atoms with Gasteiger partial charge in [-0.1, -0.05) is 51.8 Å². The number of hydrogen-bond acceptors (Lipinski definition) is 2. The summed E-state index contributed by atoms with van der Waals surface area (Å²) < 4.78 is 7.03. The summed E-state index contributed by atoms with van der Waals surface area (Å²) in [6.07, 6.45) is 0.